The lowest BCUT2D eigenvalue weighted by molar-refractivity contribution is -0.120. The van der Waals surface area contributed by atoms with Gasteiger partial charge >= 0.3 is 0 Å². The van der Waals surface area contributed by atoms with Crippen LogP contribution in [0.15, 0.2) is 0 Å². The van der Waals surface area contributed by atoms with Gasteiger partial charge in [0.25, 0.3) is 0 Å². The lowest BCUT2D eigenvalue weighted by Gasteiger charge is -2.19. The van der Waals surface area contributed by atoms with E-state index in [9.17, 15) is 13.2 Å². The molecule has 0 aromatic rings. The minimum Gasteiger partial charge on any atom is -0.358 e. The molecule has 1 amide bonds. The maximum absolute atomic E-state index is 11.6. The van der Waals surface area contributed by atoms with Crippen LogP contribution in [0.4, 0.5) is 0 Å². The van der Waals surface area contributed by atoms with Crippen molar-refractivity contribution in [3.05, 3.63) is 0 Å². The van der Waals surface area contributed by atoms with Crippen molar-refractivity contribution in [2.75, 3.05) is 27.2 Å². The number of sulfonamides is 1. The summed E-state index contributed by atoms with van der Waals surface area (Å²) in [5.74, 6) is -0.347. The topological polar surface area (TPSA) is 92.5 Å². The van der Waals surface area contributed by atoms with Gasteiger partial charge in [0.15, 0.2) is 0 Å². The van der Waals surface area contributed by atoms with E-state index >= 15 is 0 Å². The number of nitrogens with zero attached hydrogens (tertiary/aromatic N) is 1. The van der Waals surface area contributed by atoms with Gasteiger partial charge in [-0.25, -0.2) is 8.42 Å². The molecule has 0 aromatic heterocycles. The molecule has 0 aliphatic heterocycles. The second-order valence-electron chi connectivity index (χ2n) is 3.02. The van der Waals surface area contributed by atoms with E-state index in [1.165, 1.54) is 21.0 Å². The van der Waals surface area contributed by atoms with E-state index in [0.717, 1.165) is 4.31 Å². The van der Waals surface area contributed by atoms with Crippen LogP contribution in [0.1, 0.15) is 6.92 Å². The zero-order valence-electron chi connectivity index (χ0n) is 8.65. The molecule has 0 saturated carbocycles. The predicted octanol–water partition coefficient (Wildman–Crippen LogP) is -1.66. The van der Waals surface area contributed by atoms with Gasteiger partial charge in [0.1, 0.15) is 0 Å². The standard InChI is InChI=1S/C7H17N3O3S/c1-6(4-8)14(12,13)10(3)5-7(11)9-2/h6H,4-5,8H2,1-3H3,(H,9,11). The van der Waals surface area contributed by atoms with Crippen molar-refractivity contribution in [3.63, 3.8) is 0 Å². The molecule has 14 heavy (non-hydrogen) atoms. The Morgan fingerprint density at radius 3 is 2.43 bits per heavy atom. The normalized spacial score (nSPS) is 14.1. The van der Waals surface area contributed by atoms with Gasteiger partial charge in [0.2, 0.25) is 15.9 Å². The molecule has 6 nitrogen and oxygen atoms in total. The molecule has 0 bridgehead atoms. The number of hydrogen-bond acceptors (Lipinski definition) is 4. The molecule has 0 radical (unpaired) electrons. The predicted molar refractivity (Wildman–Crippen MR) is 54.1 cm³/mol. The molecule has 0 aliphatic carbocycles. The number of hydrogen-bond donors (Lipinski definition) is 2. The minimum atomic E-state index is -3.45. The highest BCUT2D eigenvalue weighted by Crippen LogP contribution is 2.04. The van der Waals surface area contributed by atoms with Crippen molar-refractivity contribution in [1.29, 1.82) is 0 Å². The van der Waals surface area contributed by atoms with Gasteiger partial charge in [-0.2, -0.15) is 4.31 Å². The largest absolute Gasteiger partial charge is 0.358 e. The number of nitrogens with one attached hydrogen (secondary N) is 1. The number of nitrogens with two attached hydrogens (primary N) is 1. The van der Waals surface area contributed by atoms with Gasteiger partial charge in [0, 0.05) is 20.6 Å². The summed E-state index contributed by atoms with van der Waals surface area (Å²) >= 11 is 0. The first-order valence-corrected chi connectivity index (χ1v) is 5.72. The molecule has 0 heterocycles. The second kappa shape index (κ2) is 5.28. The van der Waals surface area contributed by atoms with Crippen molar-refractivity contribution >= 4 is 15.9 Å². The van der Waals surface area contributed by atoms with Crippen LogP contribution in [0.25, 0.3) is 0 Å². The van der Waals surface area contributed by atoms with E-state index in [1.807, 2.05) is 0 Å². The monoisotopic (exact) mass is 223 g/mol. The Kier molecular flexibility index (Phi) is 5.03. The average Bonchev–Trinajstić information content (AvgIpc) is 2.15. The number of rotatable bonds is 5. The lowest BCUT2D eigenvalue weighted by Crippen LogP contribution is -2.43. The van der Waals surface area contributed by atoms with Crippen molar-refractivity contribution in [3.8, 4) is 0 Å². The summed E-state index contributed by atoms with van der Waals surface area (Å²) < 4.78 is 24.2. The van der Waals surface area contributed by atoms with Crippen LogP contribution >= 0.6 is 0 Å². The third kappa shape index (κ3) is 3.24. The summed E-state index contributed by atoms with van der Waals surface area (Å²) in [6.45, 7) is 1.37. The number of likely N-dealkylation sites (N-methyl/N-ethyl adjacent to an activating group) is 2. The Hall–Kier alpha value is -0.660. The first kappa shape index (κ1) is 13.3. The van der Waals surface area contributed by atoms with Crippen molar-refractivity contribution in [2.45, 2.75) is 12.2 Å². The average molecular weight is 223 g/mol. The fourth-order valence-corrected chi connectivity index (χ4v) is 1.95. The highest BCUT2D eigenvalue weighted by atomic mass is 32.2. The Bertz CT molecular complexity index is 289. The van der Waals surface area contributed by atoms with E-state index in [0.29, 0.717) is 0 Å². The van der Waals surface area contributed by atoms with Crippen LogP contribution < -0.4 is 11.1 Å². The zero-order valence-corrected chi connectivity index (χ0v) is 9.47. The number of amides is 1. The van der Waals surface area contributed by atoms with Gasteiger partial charge in [0.05, 0.1) is 11.8 Å². The zero-order chi connectivity index (χ0) is 11.4. The quantitative estimate of drug-likeness (QED) is 0.583. The molecule has 84 valence electrons. The Labute approximate surface area is 84.5 Å². The minimum absolute atomic E-state index is 0.0421. The van der Waals surface area contributed by atoms with Gasteiger partial charge in [-0.1, -0.05) is 0 Å². The second-order valence-corrected chi connectivity index (χ2v) is 5.48. The van der Waals surface area contributed by atoms with E-state index in [4.69, 9.17) is 5.73 Å². The van der Waals surface area contributed by atoms with Gasteiger partial charge in [-0.3, -0.25) is 4.79 Å². The molecule has 0 rings (SSSR count). The molecular formula is C7H17N3O3S. The highest BCUT2D eigenvalue weighted by molar-refractivity contribution is 7.89. The summed E-state index contributed by atoms with van der Waals surface area (Å²) in [6, 6.07) is 0. The Morgan fingerprint density at radius 1 is 1.57 bits per heavy atom. The van der Waals surface area contributed by atoms with E-state index in [-0.39, 0.29) is 19.0 Å². The summed E-state index contributed by atoms with van der Waals surface area (Å²) in [4.78, 5) is 10.9. The molecule has 0 aliphatic rings. The number of carbonyl (C=O) groups is 1. The van der Waals surface area contributed by atoms with Crippen LogP contribution in [0.2, 0.25) is 0 Å². The first-order chi connectivity index (χ1) is 6.36. The lowest BCUT2D eigenvalue weighted by atomic mass is 10.5. The van der Waals surface area contributed by atoms with Gasteiger partial charge in [-0.05, 0) is 6.92 Å². The molecule has 0 spiro atoms. The molecule has 0 saturated heterocycles. The number of carbonyl (C=O) groups excluding carboxylic acids is 1. The highest BCUT2D eigenvalue weighted by Gasteiger charge is 2.25. The van der Waals surface area contributed by atoms with E-state index in [2.05, 4.69) is 5.32 Å². The maximum atomic E-state index is 11.6. The molecule has 0 fully saturated rings. The molecule has 7 heteroatoms. The van der Waals surface area contributed by atoms with Crippen LogP contribution in [0.3, 0.4) is 0 Å². The van der Waals surface area contributed by atoms with Gasteiger partial charge < -0.3 is 11.1 Å². The van der Waals surface area contributed by atoms with Crippen LogP contribution in [-0.4, -0.2) is 51.1 Å². The smallest absolute Gasteiger partial charge is 0.235 e. The molecule has 1 atom stereocenters. The SMILES string of the molecule is CNC(=O)CN(C)S(=O)(=O)C(C)CN. The van der Waals surface area contributed by atoms with Crippen LogP contribution in [0, 0.1) is 0 Å². The Balaban J connectivity index is 4.52. The third-order valence-electron chi connectivity index (χ3n) is 1.92. The molecule has 0 aromatic carbocycles. The maximum Gasteiger partial charge on any atom is 0.235 e. The van der Waals surface area contributed by atoms with Crippen LogP contribution in [-0.2, 0) is 14.8 Å². The van der Waals surface area contributed by atoms with Gasteiger partial charge in [-0.15, -0.1) is 0 Å². The first-order valence-electron chi connectivity index (χ1n) is 4.22. The van der Waals surface area contributed by atoms with E-state index in [1.54, 1.807) is 0 Å². The fourth-order valence-electron chi connectivity index (χ4n) is 0.800. The van der Waals surface area contributed by atoms with Crippen LogP contribution in [0.5, 0.6) is 0 Å². The molecular weight excluding hydrogens is 206 g/mol. The fraction of sp³-hybridized carbons (Fsp3) is 0.857. The van der Waals surface area contributed by atoms with Crippen molar-refractivity contribution in [1.82, 2.24) is 9.62 Å². The molecule has 1 unspecified atom stereocenters. The summed E-state index contributed by atoms with van der Waals surface area (Å²) in [7, 11) is -0.635. The van der Waals surface area contributed by atoms with Crippen molar-refractivity contribution < 1.29 is 13.2 Å². The summed E-state index contributed by atoms with van der Waals surface area (Å²) in [5.41, 5.74) is 5.25. The van der Waals surface area contributed by atoms with Crippen molar-refractivity contribution in [2.24, 2.45) is 5.73 Å². The third-order valence-corrected chi connectivity index (χ3v) is 4.13. The van der Waals surface area contributed by atoms with E-state index < -0.39 is 15.3 Å². The Morgan fingerprint density at radius 2 is 2.07 bits per heavy atom. The summed E-state index contributed by atoms with van der Waals surface area (Å²) in [5, 5.41) is 1.68. The molecule has 3 N–H and O–H groups in total. The summed E-state index contributed by atoms with van der Waals surface area (Å²) in [6.07, 6.45) is 0.